The summed E-state index contributed by atoms with van der Waals surface area (Å²) in [7, 11) is 0. The fourth-order valence-electron chi connectivity index (χ4n) is 4.15. The number of fused-ring (bicyclic) bond motifs is 1. The van der Waals surface area contributed by atoms with E-state index in [9.17, 15) is 4.79 Å². The Bertz CT molecular complexity index is 771. The molecule has 2 aliphatic rings. The molecule has 3 heterocycles. The Morgan fingerprint density at radius 3 is 2.88 bits per heavy atom. The lowest BCUT2D eigenvalue weighted by molar-refractivity contribution is -0.121. The van der Waals surface area contributed by atoms with E-state index >= 15 is 0 Å². The molecule has 0 spiro atoms. The maximum atomic E-state index is 13.0. The minimum Gasteiger partial charge on any atom is -0.381 e. The Balaban J connectivity index is 1.55. The zero-order valence-electron chi connectivity index (χ0n) is 14.7. The number of benzene rings is 1. The van der Waals surface area contributed by atoms with Gasteiger partial charge >= 0.3 is 0 Å². The van der Waals surface area contributed by atoms with Gasteiger partial charge in [-0.25, -0.2) is 0 Å². The number of ether oxygens (including phenoxy) is 1. The smallest absolute Gasteiger partial charge is 0.241 e. The zero-order valence-corrected chi connectivity index (χ0v) is 14.7. The number of aromatic nitrogens is 1. The number of hydrogen-bond donors (Lipinski definition) is 1. The summed E-state index contributed by atoms with van der Waals surface area (Å²) in [6, 6.07) is 10.4. The molecule has 2 aromatic rings. The summed E-state index contributed by atoms with van der Waals surface area (Å²) in [4.78, 5) is 20.0. The van der Waals surface area contributed by atoms with Crippen molar-refractivity contribution in [2.24, 2.45) is 0 Å². The predicted molar refractivity (Wildman–Crippen MR) is 98.7 cm³/mol. The highest BCUT2D eigenvalue weighted by Gasteiger charge is 2.36. The molecule has 1 amide bonds. The third-order valence-electron chi connectivity index (χ3n) is 5.36. The normalized spacial score (nSPS) is 22.4. The van der Waals surface area contributed by atoms with Crippen molar-refractivity contribution < 1.29 is 9.53 Å². The number of likely N-dealkylation sites (tertiary alicyclic amines) is 1. The van der Waals surface area contributed by atoms with Crippen molar-refractivity contribution in [3.8, 4) is 0 Å². The SMILES string of the molecule is Cc1cc(NC(=O)[C@H]2CCCN2C2CCOCC2)c2ccccc2n1. The number of hydrogen-bond acceptors (Lipinski definition) is 4. The van der Waals surface area contributed by atoms with E-state index in [-0.39, 0.29) is 11.9 Å². The summed E-state index contributed by atoms with van der Waals surface area (Å²) < 4.78 is 5.48. The van der Waals surface area contributed by atoms with Crippen molar-refractivity contribution in [2.75, 3.05) is 25.1 Å². The third-order valence-corrected chi connectivity index (χ3v) is 5.36. The van der Waals surface area contributed by atoms with Crippen LogP contribution in [0.1, 0.15) is 31.4 Å². The molecule has 0 bridgehead atoms. The van der Waals surface area contributed by atoms with E-state index in [1.807, 2.05) is 37.3 Å². The van der Waals surface area contributed by atoms with Gasteiger partial charge in [0.25, 0.3) is 0 Å². The molecule has 0 aliphatic carbocycles. The van der Waals surface area contributed by atoms with E-state index < -0.39 is 0 Å². The first-order chi connectivity index (χ1) is 12.2. The number of carbonyl (C=O) groups is 1. The van der Waals surface area contributed by atoms with Crippen LogP contribution in [-0.2, 0) is 9.53 Å². The lowest BCUT2D eigenvalue weighted by Crippen LogP contribution is -2.47. The molecule has 2 saturated heterocycles. The van der Waals surface area contributed by atoms with E-state index in [1.165, 1.54) is 0 Å². The van der Waals surface area contributed by atoms with Crippen molar-refractivity contribution in [3.63, 3.8) is 0 Å². The molecule has 2 fully saturated rings. The number of carbonyl (C=O) groups excluding carboxylic acids is 1. The average molecular weight is 339 g/mol. The molecule has 0 unspecified atom stereocenters. The number of nitrogens with zero attached hydrogens (tertiary/aromatic N) is 2. The average Bonchev–Trinajstić information content (AvgIpc) is 3.12. The van der Waals surface area contributed by atoms with Crippen molar-refractivity contribution in [3.05, 3.63) is 36.0 Å². The highest BCUT2D eigenvalue weighted by molar-refractivity contribution is 6.03. The Morgan fingerprint density at radius 2 is 2.04 bits per heavy atom. The number of amides is 1. The molecule has 5 nitrogen and oxygen atoms in total. The molecule has 0 saturated carbocycles. The number of aryl methyl sites for hydroxylation is 1. The van der Waals surface area contributed by atoms with Gasteiger partial charge in [0, 0.05) is 30.3 Å². The van der Waals surface area contributed by atoms with Crippen LogP contribution in [0.5, 0.6) is 0 Å². The first-order valence-corrected chi connectivity index (χ1v) is 9.23. The van der Waals surface area contributed by atoms with Crippen LogP contribution in [0.4, 0.5) is 5.69 Å². The molecule has 2 aliphatic heterocycles. The van der Waals surface area contributed by atoms with Gasteiger partial charge in [-0.2, -0.15) is 0 Å². The minimum absolute atomic E-state index is 0.0321. The lowest BCUT2D eigenvalue weighted by atomic mass is 10.1. The molecule has 132 valence electrons. The van der Waals surface area contributed by atoms with Crippen LogP contribution in [-0.4, -0.2) is 47.6 Å². The van der Waals surface area contributed by atoms with Crippen LogP contribution in [0, 0.1) is 6.92 Å². The van der Waals surface area contributed by atoms with E-state index in [1.54, 1.807) is 0 Å². The molecule has 1 atom stereocenters. The van der Waals surface area contributed by atoms with E-state index in [2.05, 4.69) is 15.2 Å². The molecule has 25 heavy (non-hydrogen) atoms. The van der Waals surface area contributed by atoms with Crippen molar-refractivity contribution in [1.29, 1.82) is 0 Å². The zero-order chi connectivity index (χ0) is 17.2. The fourth-order valence-corrected chi connectivity index (χ4v) is 4.15. The highest BCUT2D eigenvalue weighted by Crippen LogP contribution is 2.28. The van der Waals surface area contributed by atoms with Crippen molar-refractivity contribution in [1.82, 2.24) is 9.88 Å². The van der Waals surface area contributed by atoms with Crippen LogP contribution in [0.3, 0.4) is 0 Å². The first kappa shape index (κ1) is 16.5. The predicted octanol–water partition coefficient (Wildman–Crippen LogP) is 3.13. The summed E-state index contributed by atoms with van der Waals surface area (Å²) in [5.74, 6) is 0.111. The highest BCUT2D eigenvalue weighted by atomic mass is 16.5. The molecular formula is C20H25N3O2. The number of rotatable bonds is 3. The van der Waals surface area contributed by atoms with Crippen LogP contribution in [0.15, 0.2) is 30.3 Å². The molecule has 1 aromatic carbocycles. The van der Waals surface area contributed by atoms with Crippen LogP contribution < -0.4 is 5.32 Å². The second kappa shape index (κ2) is 7.10. The monoisotopic (exact) mass is 339 g/mol. The second-order valence-electron chi connectivity index (χ2n) is 7.06. The Labute approximate surface area is 148 Å². The van der Waals surface area contributed by atoms with Gasteiger partial charge in [0.2, 0.25) is 5.91 Å². The number of anilines is 1. The van der Waals surface area contributed by atoms with Crippen molar-refractivity contribution in [2.45, 2.75) is 44.7 Å². The van der Waals surface area contributed by atoms with Gasteiger partial charge in [0.15, 0.2) is 0 Å². The van der Waals surface area contributed by atoms with Crippen LogP contribution in [0.2, 0.25) is 0 Å². The standard InChI is InChI=1S/C20H25N3O2/c1-14-13-18(16-5-2-3-6-17(16)21-14)22-20(24)19-7-4-10-23(19)15-8-11-25-12-9-15/h2-3,5-6,13,15,19H,4,7-12H2,1H3,(H,21,22,24)/t19-/m1/s1. The number of para-hydroxylation sites is 1. The summed E-state index contributed by atoms with van der Waals surface area (Å²) in [5, 5.41) is 4.18. The third kappa shape index (κ3) is 3.39. The van der Waals surface area contributed by atoms with Gasteiger partial charge in [-0.1, -0.05) is 18.2 Å². The summed E-state index contributed by atoms with van der Waals surface area (Å²) in [5.41, 5.74) is 2.71. The number of nitrogens with one attached hydrogen (secondary N) is 1. The topological polar surface area (TPSA) is 54.5 Å². The summed E-state index contributed by atoms with van der Waals surface area (Å²) >= 11 is 0. The first-order valence-electron chi connectivity index (χ1n) is 9.23. The second-order valence-corrected chi connectivity index (χ2v) is 7.06. The molecular weight excluding hydrogens is 314 g/mol. The Morgan fingerprint density at radius 1 is 1.24 bits per heavy atom. The van der Waals surface area contributed by atoms with Gasteiger partial charge in [-0.15, -0.1) is 0 Å². The maximum Gasteiger partial charge on any atom is 0.241 e. The van der Waals surface area contributed by atoms with Gasteiger partial charge in [-0.3, -0.25) is 14.7 Å². The van der Waals surface area contributed by atoms with Gasteiger partial charge in [0.05, 0.1) is 17.2 Å². The largest absolute Gasteiger partial charge is 0.381 e. The van der Waals surface area contributed by atoms with Gasteiger partial charge in [0.1, 0.15) is 0 Å². The van der Waals surface area contributed by atoms with Gasteiger partial charge < -0.3 is 10.1 Å². The van der Waals surface area contributed by atoms with Crippen LogP contribution in [0.25, 0.3) is 10.9 Å². The molecule has 1 N–H and O–H groups in total. The quantitative estimate of drug-likeness (QED) is 0.933. The maximum absolute atomic E-state index is 13.0. The van der Waals surface area contributed by atoms with Crippen LogP contribution >= 0.6 is 0 Å². The summed E-state index contributed by atoms with van der Waals surface area (Å²) in [6.07, 6.45) is 4.08. The molecule has 0 radical (unpaired) electrons. The molecule has 4 rings (SSSR count). The van der Waals surface area contributed by atoms with Gasteiger partial charge in [-0.05, 0) is 51.3 Å². The summed E-state index contributed by atoms with van der Waals surface area (Å²) in [6.45, 7) is 4.60. The number of pyridine rings is 1. The molecule has 1 aromatic heterocycles. The van der Waals surface area contributed by atoms with E-state index in [0.29, 0.717) is 6.04 Å². The van der Waals surface area contributed by atoms with E-state index in [0.717, 1.165) is 67.7 Å². The minimum atomic E-state index is -0.0321. The van der Waals surface area contributed by atoms with Crippen molar-refractivity contribution >= 4 is 22.5 Å². The fraction of sp³-hybridized carbons (Fsp3) is 0.500. The Kier molecular flexibility index (Phi) is 4.68. The van der Waals surface area contributed by atoms with E-state index in [4.69, 9.17) is 4.74 Å². The lowest BCUT2D eigenvalue weighted by Gasteiger charge is -2.34. The Hall–Kier alpha value is -1.98. The molecule has 5 heteroatoms.